The van der Waals surface area contributed by atoms with E-state index >= 15 is 0 Å². The van der Waals surface area contributed by atoms with Crippen LogP contribution in [0, 0.1) is 23.2 Å². The molecule has 9 heteroatoms. The van der Waals surface area contributed by atoms with E-state index in [2.05, 4.69) is 21.4 Å². The Kier molecular flexibility index (Phi) is 8.42. The Hall–Kier alpha value is -2.86. The molecule has 2 heterocycles. The van der Waals surface area contributed by atoms with Gasteiger partial charge in [-0.25, -0.2) is 15.3 Å². The second-order valence-electron chi connectivity index (χ2n) is 8.48. The number of hydroxylamine groups is 1. The molecule has 164 valence electrons. The Morgan fingerprint density at radius 1 is 1.40 bits per heavy atom. The summed E-state index contributed by atoms with van der Waals surface area (Å²) in [6, 6.07) is 5.69. The molecule has 0 aromatic carbocycles. The largest absolute Gasteiger partial charge is 0.444 e. The number of nitrogens with two attached hydrogens (primary N) is 1. The fourth-order valence-electron chi connectivity index (χ4n) is 3.79. The first-order chi connectivity index (χ1) is 14.2. The van der Waals surface area contributed by atoms with Crippen LogP contribution in [0.15, 0.2) is 18.3 Å². The van der Waals surface area contributed by atoms with Gasteiger partial charge in [-0.3, -0.25) is 9.63 Å². The number of nitrogens with one attached hydrogen (secondary N) is 1. The molecule has 0 bridgehead atoms. The van der Waals surface area contributed by atoms with Gasteiger partial charge in [0.25, 0.3) is 0 Å². The van der Waals surface area contributed by atoms with Gasteiger partial charge in [-0.15, -0.1) is 0 Å². The topological polar surface area (TPSA) is 131 Å². The number of amides is 2. The highest BCUT2D eigenvalue weighted by atomic mass is 16.7. The van der Waals surface area contributed by atoms with Crippen LogP contribution >= 0.6 is 0 Å². The molecule has 30 heavy (non-hydrogen) atoms. The molecule has 0 spiro atoms. The Bertz CT molecular complexity index is 752. The molecule has 1 atom stereocenters. The van der Waals surface area contributed by atoms with Gasteiger partial charge in [-0.2, -0.15) is 5.26 Å². The van der Waals surface area contributed by atoms with Crippen LogP contribution in [0.5, 0.6) is 0 Å². The highest BCUT2D eigenvalue weighted by molar-refractivity contribution is 5.75. The fraction of sp³-hybridized carbons (Fsp3) is 0.619. The summed E-state index contributed by atoms with van der Waals surface area (Å²) in [7, 11) is 0. The number of pyridine rings is 1. The third kappa shape index (κ3) is 7.87. The van der Waals surface area contributed by atoms with Crippen LogP contribution in [0.3, 0.4) is 0 Å². The maximum absolute atomic E-state index is 12.2. The van der Waals surface area contributed by atoms with E-state index in [0.29, 0.717) is 30.9 Å². The van der Waals surface area contributed by atoms with Crippen LogP contribution in [-0.2, 0) is 14.4 Å². The van der Waals surface area contributed by atoms with Crippen molar-refractivity contribution in [1.82, 2.24) is 10.5 Å². The van der Waals surface area contributed by atoms with E-state index in [-0.39, 0.29) is 11.8 Å². The van der Waals surface area contributed by atoms with Crippen LogP contribution in [-0.4, -0.2) is 42.3 Å². The summed E-state index contributed by atoms with van der Waals surface area (Å²) in [5.41, 5.74) is 7.44. The summed E-state index contributed by atoms with van der Waals surface area (Å²) in [4.78, 5) is 34.9. The maximum Gasteiger partial charge on any atom is 0.405 e. The Labute approximate surface area is 177 Å². The number of nitriles is 1. The highest BCUT2D eigenvalue weighted by Gasteiger charge is 2.25. The van der Waals surface area contributed by atoms with Crippen LogP contribution < -0.4 is 16.1 Å². The maximum atomic E-state index is 12.2. The molecule has 1 fully saturated rings. The number of carbonyl (C=O) groups excluding carboxylic acids is 2. The molecule has 1 aliphatic heterocycles. The number of ether oxygens (including phenoxy) is 1. The first-order valence-electron chi connectivity index (χ1n) is 10.2. The monoisotopic (exact) mass is 417 g/mol. The van der Waals surface area contributed by atoms with Gasteiger partial charge in [0.15, 0.2) is 0 Å². The SMILES string of the molecule is C[C@H](CONC(=O)CC1CCN(c2ccc(C#N)cn2)CC1)CC(C)(C)OC(N)=O. The molecule has 2 amide bonds. The molecule has 0 radical (unpaired) electrons. The van der Waals surface area contributed by atoms with E-state index in [9.17, 15) is 9.59 Å². The van der Waals surface area contributed by atoms with Gasteiger partial charge in [-0.1, -0.05) is 6.92 Å². The average Bonchev–Trinajstić information content (AvgIpc) is 2.67. The molecule has 0 unspecified atom stereocenters. The second kappa shape index (κ2) is 10.8. The van der Waals surface area contributed by atoms with Gasteiger partial charge in [0, 0.05) is 25.7 Å². The number of anilines is 1. The number of hydrogen-bond acceptors (Lipinski definition) is 7. The Morgan fingerprint density at radius 2 is 2.10 bits per heavy atom. The van der Waals surface area contributed by atoms with E-state index < -0.39 is 11.7 Å². The van der Waals surface area contributed by atoms with E-state index in [1.165, 1.54) is 0 Å². The molecule has 1 aliphatic rings. The van der Waals surface area contributed by atoms with Crippen LogP contribution in [0.2, 0.25) is 0 Å². The smallest absolute Gasteiger partial charge is 0.405 e. The lowest BCUT2D eigenvalue weighted by Gasteiger charge is -2.32. The van der Waals surface area contributed by atoms with Crippen molar-refractivity contribution in [3.05, 3.63) is 23.9 Å². The summed E-state index contributed by atoms with van der Waals surface area (Å²) in [6.07, 6.45) is 3.54. The normalized spacial score (nSPS) is 15.9. The van der Waals surface area contributed by atoms with Gasteiger partial charge in [-0.05, 0) is 57.1 Å². The zero-order valence-electron chi connectivity index (χ0n) is 17.9. The fourth-order valence-corrected chi connectivity index (χ4v) is 3.79. The zero-order valence-corrected chi connectivity index (χ0v) is 17.9. The molecular weight excluding hydrogens is 386 g/mol. The standard InChI is InChI=1S/C21H31N5O4/c1-15(11-21(2,3)30-20(23)28)14-29-25-19(27)10-16-6-8-26(9-7-16)18-5-4-17(12-22)13-24-18/h4-5,13,15-16H,6-11,14H2,1-3H3,(H2,23,28)(H,25,27)/t15-/m0/s1. The number of primary amides is 1. The second-order valence-corrected chi connectivity index (χ2v) is 8.48. The lowest BCUT2D eigenvalue weighted by atomic mass is 9.93. The van der Waals surface area contributed by atoms with Crippen molar-refractivity contribution in [1.29, 1.82) is 5.26 Å². The van der Waals surface area contributed by atoms with Crippen molar-refractivity contribution in [2.24, 2.45) is 17.6 Å². The van der Waals surface area contributed by atoms with E-state index in [4.69, 9.17) is 20.6 Å². The van der Waals surface area contributed by atoms with E-state index in [1.807, 2.05) is 13.0 Å². The number of aromatic nitrogens is 1. The molecule has 0 saturated carbocycles. The summed E-state index contributed by atoms with van der Waals surface area (Å²) in [6.45, 7) is 7.48. The van der Waals surface area contributed by atoms with Gasteiger partial charge in [0.05, 0.1) is 12.2 Å². The predicted molar refractivity (Wildman–Crippen MR) is 111 cm³/mol. The summed E-state index contributed by atoms with van der Waals surface area (Å²) in [5, 5.41) is 8.86. The van der Waals surface area contributed by atoms with Gasteiger partial charge in [0.1, 0.15) is 17.5 Å². The number of nitrogens with zero attached hydrogens (tertiary/aromatic N) is 3. The van der Waals surface area contributed by atoms with E-state index in [0.717, 1.165) is 31.7 Å². The molecule has 1 aromatic rings. The van der Waals surface area contributed by atoms with Crippen molar-refractivity contribution in [2.45, 2.75) is 52.1 Å². The quantitative estimate of drug-likeness (QED) is 0.590. The first-order valence-corrected chi connectivity index (χ1v) is 10.2. The molecule has 9 nitrogen and oxygen atoms in total. The first kappa shape index (κ1) is 23.4. The number of carbonyl (C=O) groups is 2. The minimum Gasteiger partial charge on any atom is -0.444 e. The molecule has 0 aliphatic carbocycles. The van der Waals surface area contributed by atoms with Crippen LogP contribution in [0.25, 0.3) is 0 Å². The lowest BCUT2D eigenvalue weighted by Crippen LogP contribution is -2.37. The van der Waals surface area contributed by atoms with Crippen molar-refractivity contribution in [2.75, 3.05) is 24.6 Å². The van der Waals surface area contributed by atoms with Crippen molar-refractivity contribution in [3.8, 4) is 6.07 Å². The van der Waals surface area contributed by atoms with E-state index in [1.54, 1.807) is 26.1 Å². The Morgan fingerprint density at radius 3 is 2.67 bits per heavy atom. The molecule has 2 rings (SSSR count). The number of rotatable bonds is 9. The third-order valence-corrected chi connectivity index (χ3v) is 5.06. The number of hydrogen-bond donors (Lipinski definition) is 2. The van der Waals surface area contributed by atoms with Gasteiger partial charge in [0.2, 0.25) is 5.91 Å². The van der Waals surface area contributed by atoms with Crippen LogP contribution in [0.4, 0.5) is 10.6 Å². The minimum absolute atomic E-state index is 0.0720. The van der Waals surface area contributed by atoms with Crippen molar-refractivity contribution in [3.63, 3.8) is 0 Å². The molecule has 1 aromatic heterocycles. The lowest BCUT2D eigenvalue weighted by molar-refractivity contribution is -0.136. The summed E-state index contributed by atoms with van der Waals surface area (Å²) < 4.78 is 5.06. The zero-order chi connectivity index (χ0) is 22.1. The Balaban J connectivity index is 1.65. The van der Waals surface area contributed by atoms with Crippen LogP contribution in [0.1, 0.15) is 52.0 Å². The van der Waals surface area contributed by atoms with Gasteiger partial charge < -0.3 is 15.4 Å². The molecule has 1 saturated heterocycles. The molecule has 3 N–H and O–H groups in total. The summed E-state index contributed by atoms with van der Waals surface area (Å²) in [5.74, 6) is 1.09. The predicted octanol–water partition coefficient (Wildman–Crippen LogP) is 2.51. The van der Waals surface area contributed by atoms with Crippen molar-refractivity contribution >= 4 is 17.8 Å². The highest BCUT2D eigenvalue weighted by Crippen LogP contribution is 2.24. The minimum atomic E-state index is -0.803. The molecular formula is C21H31N5O4. The third-order valence-electron chi connectivity index (χ3n) is 5.06. The average molecular weight is 418 g/mol. The summed E-state index contributed by atoms with van der Waals surface area (Å²) >= 11 is 0. The number of piperidine rings is 1. The van der Waals surface area contributed by atoms with Gasteiger partial charge >= 0.3 is 6.09 Å². The van der Waals surface area contributed by atoms with Crippen molar-refractivity contribution < 1.29 is 19.2 Å².